The molecule has 0 bridgehead atoms. The van der Waals surface area contributed by atoms with Crippen LogP contribution in [0.25, 0.3) is 0 Å². The highest BCUT2D eigenvalue weighted by molar-refractivity contribution is 5.85. The summed E-state index contributed by atoms with van der Waals surface area (Å²) in [6, 6.07) is 11.1. The number of benzene rings is 1. The maximum atomic E-state index is 12.3. The van der Waals surface area contributed by atoms with Gasteiger partial charge in [-0.05, 0) is 37.3 Å². The number of hydrogen-bond donors (Lipinski definition) is 2. The Bertz CT molecular complexity index is 755. The summed E-state index contributed by atoms with van der Waals surface area (Å²) in [4.78, 5) is 24.3. The van der Waals surface area contributed by atoms with Crippen molar-refractivity contribution < 1.29 is 19.4 Å². The second kappa shape index (κ2) is 6.96. The molecule has 7 nitrogen and oxygen atoms in total. The Morgan fingerprint density at radius 3 is 2.60 bits per heavy atom. The van der Waals surface area contributed by atoms with Crippen molar-refractivity contribution in [1.29, 1.82) is 0 Å². The van der Waals surface area contributed by atoms with E-state index in [-0.39, 0.29) is 19.1 Å². The van der Waals surface area contributed by atoms with Crippen molar-refractivity contribution in [3.63, 3.8) is 0 Å². The largest absolute Gasteiger partial charge is 0.479 e. The number of carbonyl (C=O) groups is 2. The van der Waals surface area contributed by atoms with Crippen molar-refractivity contribution in [3.05, 3.63) is 53.9 Å². The predicted molar refractivity (Wildman–Crippen MR) is 89.8 cm³/mol. The van der Waals surface area contributed by atoms with Gasteiger partial charge < -0.3 is 15.2 Å². The Morgan fingerprint density at radius 1 is 1.32 bits per heavy atom. The number of hydrogen-bond acceptors (Lipinski definition) is 4. The minimum Gasteiger partial charge on any atom is -0.479 e. The zero-order valence-electron chi connectivity index (χ0n) is 14.0. The number of nitrogens with one attached hydrogen (secondary N) is 1. The van der Waals surface area contributed by atoms with Gasteiger partial charge in [0.2, 0.25) is 0 Å². The minimum atomic E-state index is -1.41. The molecular formula is C18H21N3O4. The minimum absolute atomic E-state index is 0.0757. The lowest BCUT2D eigenvalue weighted by atomic mass is 9.93. The first-order valence-electron chi connectivity index (χ1n) is 8.22. The highest BCUT2D eigenvalue weighted by Gasteiger charge is 2.53. The van der Waals surface area contributed by atoms with Gasteiger partial charge in [0.1, 0.15) is 6.61 Å². The maximum Gasteiger partial charge on any atom is 0.408 e. The van der Waals surface area contributed by atoms with Gasteiger partial charge >= 0.3 is 12.1 Å². The van der Waals surface area contributed by atoms with Gasteiger partial charge in [0, 0.05) is 11.9 Å². The van der Waals surface area contributed by atoms with Crippen molar-refractivity contribution in [2.24, 2.45) is 5.92 Å². The number of carboxylic acids is 1. The number of aryl methyl sites for hydroxylation is 1. The number of alkyl carbamates (subject to hydrolysis) is 1. The number of aliphatic carboxylic acids is 1. The van der Waals surface area contributed by atoms with E-state index >= 15 is 0 Å². The molecule has 132 valence electrons. The van der Waals surface area contributed by atoms with E-state index in [9.17, 15) is 14.7 Å². The molecule has 1 heterocycles. The van der Waals surface area contributed by atoms with Crippen LogP contribution >= 0.6 is 0 Å². The molecule has 0 saturated heterocycles. The molecule has 7 heteroatoms. The molecule has 1 unspecified atom stereocenters. The molecule has 1 aromatic carbocycles. The zero-order chi connectivity index (χ0) is 17.9. The molecule has 1 saturated carbocycles. The molecule has 3 rings (SSSR count). The van der Waals surface area contributed by atoms with Gasteiger partial charge in [-0.2, -0.15) is 5.10 Å². The standard InChI is InChI=1S/C18H21N3O4/c1-13-9-10-19-21(13)12-18(16(22)23,15-7-8-15)20-17(24)25-11-14-5-3-2-4-6-14/h2-6,9-10,15H,7-8,11-12H2,1H3,(H,20,24)(H,22,23). The summed E-state index contributed by atoms with van der Waals surface area (Å²) in [7, 11) is 0. The van der Waals surface area contributed by atoms with Gasteiger partial charge in [-0.1, -0.05) is 30.3 Å². The van der Waals surface area contributed by atoms with Gasteiger partial charge in [-0.15, -0.1) is 0 Å². The molecule has 0 aliphatic heterocycles. The van der Waals surface area contributed by atoms with Gasteiger partial charge in [0.15, 0.2) is 5.54 Å². The van der Waals surface area contributed by atoms with Crippen LogP contribution in [0.1, 0.15) is 24.1 Å². The molecule has 1 fully saturated rings. The van der Waals surface area contributed by atoms with E-state index in [1.807, 2.05) is 37.3 Å². The highest BCUT2D eigenvalue weighted by atomic mass is 16.5. The Labute approximate surface area is 145 Å². The first-order chi connectivity index (χ1) is 12.0. The van der Waals surface area contributed by atoms with Crippen LogP contribution in [-0.2, 0) is 22.7 Å². The molecule has 1 atom stereocenters. The van der Waals surface area contributed by atoms with Crippen molar-refractivity contribution in [3.8, 4) is 0 Å². The number of nitrogens with zero attached hydrogens (tertiary/aromatic N) is 2. The summed E-state index contributed by atoms with van der Waals surface area (Å²) in [5.74, 6) is -1.19. The first-order valence-corrected chi connectivity index (χ1v) is 8.22. The molecule has 2 aromatic rings. The summed E-state index contributed by atoms with van der Waals surface area (Å²) in [6.07, 6.45) is 2.39. The summed E-state index contributed by atoms with van der Waals surface area (Å²) >= 11 is 0. The van der Waals surface area contributed by atoms with Crippen LogP contribution in [0.15, 0.2) is 42.6 Å². The molecule has 0 spiro atoms. The fourth-order valence-electron chi connectivity index (χ4n) is 2.88. The molecule has 1 aromatic heterocycles. The third kappa shape index (κ3) is 3.81. The van der Waals surface area contributed by atoms with Crippen LogP contribution in [0, 0.1) is 12.8 Å². The van der Waals surface area contributed by atoms with Crippen LogP contribution in [0.5, 0.6) is 0 Å². The van der Waals surface area contributed by atoms with Crippen LogP contribution in [-0.4, -0.2) is 32.5 Å². The molecule has 1 aliphatic rings. The monoisotopic (exact) mass is 343 g/mol. The summed E-state index contributed by atoms with van der Waals surface area (Å²) in [5, 5.41) is 16.6. The van der Waals surface area contributed by atoms with Crippen molar-refractivity contribution in [2.75, 3.05) is 0 Å². The lowest BCUT2D eigenvalue weighted by molar-refractivity contribution is -0.146. The molecule has 1 amide bonds. The quantitative estimate of drug-likeness (QED) is 0.805. The average Bonchev–Trinajstić information content (AvgIpc) is 3.38. The van der Waals surface area contributed by atoms with E-state index < -0.39 is 17.6 Å². The van der Waals surface area contributed by atoms with Gasteiger partial charge in [0.05, 0.1) is 6.54 Å². The molecular weight excluding hydrogens is 322 g/mol. The summed E-state index contributed by atoms with van der Waals surface area (Å²) < 4.78 is 6.82. The van der Waals surface area contributed by atoms with Crippen molar-refractivity contribution in [1.82, 2.24) is 15.1 Å². The van der Waals surface area contributed by atoms with Crippen LogP contribution in [0.3, 0.4) is 0 Å². The fraction of sp³-hybridized carbons (Fsp3) is 0.389. The third-order valence-electron chi connectivity index (χ3n) is 4.52. The lowest BCUT2D eigenvalue weighted by Gasteiger charge is -2.30. The van der Waals surface area contributed by atoms with Crippen LogP contribution in [0.2, 0.25) is 0 Å². The topological polar surface area (TPSA) is 93.5 Å². The van der Waals surface area contributed by atoms with E-state index in [1.165, 1.54) is 0 Å². The number of amides is 1. The van der Waals surface area contributed by atoms with E-state index in [4.69, 9.17) is 4.74 Å². The van der Waals surface area contributed by atoms with Gasteiger partial charge in [-0.25, -0.2) is 9.59 Å². The Balaban J connectivity index is 1.72. The van der Waals surface area contributed by atoms with Gasteiger partial charge in [-0.3, -0.25) is 4.68 Å². The van der Waals surface area contributed by atoms with Crippen LogP contribution in [0.4, 0.5) is 4.79 Å². The SMILES string of the molecule is Cc1ccnn1CC(NC(=O)OCc1ccccc1)(C(=O)O)C1CC1. The maximum absolute atomic E-state index is 12.3. The number of carbonyl (C=O) groups excluding carboxylic acids is 1. The molecule has 0 radical (unpaired) electrons. The summed E-state index contributed by atoms with van der Waals surface area (Å²) in [5.41, 5.74) is 0.267. The van der Waals surface area contributed by atoms with E-state index in [2.05, 4.69) is 10.4 Å². The van der Waals surface area contributed by atoms with Crippen molar-refractivity contribution >= 4 is 12.1 Å². The highest BCUT2D eigenvalue weighted by Crippen LogP contribution is 2.41. The number of aromatic nitrogens is 2. The van der Waals surface area contributed by atoms with Crippen LogP contribution < -0.4 is 5.32 Å². The average molecular weight is 343 g/mol. The lowest BCUT2D eigenvalue weighted by Crippen LogP contribution is -2.59. The van der Waals surface area contributed by atoms with E-state index in [1.54, 1.807) is 16.9 Å². The Morgan fingerprint density at radius 2 is 2.04 bits per heavy atom. The summed E-state index contributed by atoms with van der Waals surface area (Å²) in [6.45, 7) is 2.01. The molecule has 2 N–H and O–H groups in total. The fourth-order valence-corrected chi connectivity index (χ4v) is 2.88. The number of ether oxygens (including phenoxy) is 1. The second-order valence-electron chi connectivity index (χ2n) is 6.37. The number of carboxylic acid groups (broad SMARTS) is 1. The van der Waals surface area contributed by atoms with Crippen molar-refractivity contribution in [2.45, 2.75) is 38.5 Å². The van der Waals surface area contributed by atoms with E-state index in [0.717, 1.165) is 24.1 Å². The molecule has 25 heavy (non-hydrogen) atoms. The zero-order valence-corrected chi connectivity index (χ0v) is 14.0. The van der Waals surface area contributed by atoms with Gasteiger partial charge in [0.25, 0.3) is 0 Å². The van der Waals surface area contributed by atoms with E-state index in [0.29, 0.717) is 0 Å². The Hall–Kier alpha value is -2.83. The second-order valence-corrected chi connectivity index (χ2v) is 6.37. The normalized spacial score (nSPS) is 16.0. The first kappa shape index (κ1) is 17.0. The smallest absolute Gasteiger partial charge is 0.408 e. The molecule has 1 aliphatic carbocycles. The number of rotatable bonds is 7. The third-order valence-corrected chi connectivity index (χ3v) is 4.52. The predicted octanol–water partition coefficient (Wildman–Crippen LogP) is 2.35. The Kier molecular flexibility index (Phi) is 4.74.